The Hall–Kier alpha value is -2.11. The Morgan fingerprint density at radius 3 is 2.57 bits per heavy atom. The Bertz CT molecular complexity index is 600. The Labute approximate surface area is 122 Å². The zero-order chi connectivity index (χ0) is 15.1. The molecule has 1 saturated carbocycles. The summed E-state index contributed by atoms with van der Waals surface area (Å²) < 4.78 is 5.06. The fourth-order valence-electron chi connectivity index (χ4n) is 3.56. The first-order valence-electron chi connectivity index (χ1n) is 7.09. The molecule has 0 saturated heterocycles. The van der Waals surface area contributed by atoms with Gasteiger partial charge in [-0.2, -0.15) is 0 Å². The van der Waals surface area contributed by atoms with E-state index in [4.69, 9.17) is 4.52 Å². The van der Waals surface area contributed by atoms with Crippen molar-refractivity contribution in [2.45, 2.75) is 26.8 Å². The van der Waals surface area contributed by atoms with Crippen LogP contribution in [0.2, 0.25) is 0 Å². The van der Waals surface area contributed by atoms with Gasteiger partial charge < -0.3 is 14.9 Å². The first kappa shape index (κ1) is 13.9. The second-order valence-electron chi connectivity index (χ2n) is 5.86. The van der Waals surface area contributed by atoms with Crippen LogP contribution >= 0.6 is 0 Å². The molecule has 1 aromatic heterocycles. The largest absolute Gasteiger partial charge is 0.481 e. The van der Waals surface area contributed by atoms with Crippen molar-refractivity contribution in [3.8, 4) is 0 Å². The molecule has 1 aromatic rings. The number of carboxylic acid groups (broad SMARTS) is 1. The zero-order valence-electron chi connectivity index (χ0n) is 12.0. The fourth-order valence-corrected chi connectivity index (χ4v) is 3.56. The van der Waals surface area contributed by atoms with Gasteiger partial charge in [-0.15, -0.1) is 0 Å². The summed E-state index contributed by atoms with van der Waals surface area (Å²) in [5, 5.41) is 16.0. The van der Waals surface area contributed by atoms with Crippen LogP contribution in [0.4, 0.5) is 0 Å². The van der Waals surface area contributed by atoms with Crippen LogP contribution in [0.15, 0.2) is 16.7 Å². The van der Waals surface area contributed by atoms with Crippen molar-refractivity contribution in [2.75, 3.05) is 0 Å². The van der Waals surface area contributed by atoms with E-state index in [1.54, 1.807) is 6.92 Å². The zero-order valence-corrected chi connectivity index (χ0v) is 12.0. The summed E-state index contributed by atoms with van der Waals surface area (Å²) >= 11 is 0. The molecule has 1 fully saturated rings. The first-order valence-corrected chi connectivity index (χ1v) is 7.09. The molecule has 1 amide bonds. The van der Waals surface area contributed by atoms with Crippen LogP contribution in [-0.4, -0.2) is 22.1 Å². The van der Waals surface area contributed by atoms with Gasteiger partial charge in [-0.1, -0.05) is 17.3 Å². The molecule has 4 unspecified atom stereocenters. The number of aryl methyl sites for hydroxylation is 2. The van der Waals surface area contributed by atoms with E-state index in [0.717, 1.165) is 17.7 Å². The Kier molecular flexibility index (Phi) is 3.31. The van der Waals surface area contributed by atoms with Crippen LogP contribution in [0.1, 0.15) is 23.4 Å². The van der Waals surface area contributed by atoms with Gasteiger partial charge in [0.15, 0.2) is 0 Å². The maximum Gasteiger partial charge on any atom is 0.307 e. The van der Waals surface area contributed by atoms with Gasteiger partial charge >= 0.3 is 5.97 Å². The predicted molar refractivity (Wildman–Crippen MR) is 73.2 cm³/mol. The Morgan fingerprint density at radius 2 is 2.00 bits per heavy atom. The van der Waals surface area contributed by atoms with Gasteiger partial charge in [0, 0.05) is 12.1 Å². The van der Waals surface area contributed by atoms with Crippen molar-refractivity contribution < 1.29 is 19.2 Å². The lowest BCUT2D eigenvalue weighted by atomic mass is 9.82. The second-order valence-corrected chi connectivity index (χ2v) is 5.86. The molecule has 0 aromatic carbocycles. The second kappa shape index (κ2) is 5.02. The molecule has 112 valence electrons. The van der Waals surface area contributed by atoms with Crippen molar-refractivity contribution in [1.29, 1.82) is 0 Å². The average Bonchev–Trinajstić information content (AvgIpc) is 3.12. The topological polar surface area (TPSA) is 92.4 Å². The van der Waals surface area contributed by atoms with Gasteiger partial charge in [-0.05, 0) is 32.1 Å². The lowest BCUT2D eigenvalue weighted by Crippen LogP contribution is -2.40. The maximum atomic E-state index is 12.4. The van der Waals surface area contributed by atoms with E-state index in [2.05, 4.69) is 10.5 Å². The van der Waals surface area contributed by atoms with E-state index in [1.807, 2.05) is 19.1 Å². The predicted octanol–water partition coefficient (Wildman–Crippen LogP) is 1.43. The van der Waals surface area contributed by atoms with Crippen LogP contribution in [0, 0.1) is 37.5 Å². The van der Waals surface area contributed by atoms with Crippen LogP contribution in [0.25, 0.3) is 0 Å². The summed E-state index contributed by atoms with van der Waals surface area (Å²) in [6.45, 7) is 3.93. The molecular formula is C15H18N2O4. The normalized spacial score (nSPS) is 29.8. The third-order valence-corrected chi connectivity index (χ3v) is 4.67. The van der Waals surface area contributed by atoms with Crippen LogP contribution in [-0.2, 0) is 16.1 Å². The van der Waals surface area contributed by atoms with Crippen molar-refractivity contribution in [2.24, 2.45) is 23.7 Å². The van der Waals surface area contributed by atoms with Crippen molar-refractivity contribution in [3.63, 3.8) is 0 Å². The number of nitrogens with one attached hydrogen (secondary N) is 1. The summed E-state index contributed by atoms with van der Waals surface area (Å²) in [4.78, 5) is 23.8. The number of amides is 1. The smallest absolute Gasteiger partial charge is 0.307 e. The number of carbonyl (C=O) groups excluding carboxylic acids is 1. The summed E-state index contributed by atoms with van der Waals surface area (Å²) in [5.41, 5.74) is 1.60. The van der Waals surface area contributed by atoms with E-state index in [0.29, 0.717) is 12.3 Å². The molecule has 2 N–H and O–H groups in total. The molecule has 4 atom stereocenters. The number of carboxylic acids is 1. The number of aromatic nitrogens is 1. The Balaban J connectivity index is 1.71. The number of nitrogens with zero attached hydrogens (tertiary/aromatic N) is 1. The number of allylic oxidation sites excluding steroid dienone is 2. The average molecular weight is 290 g/mol. The molecule has 3 rings (SSSR count). The molecule has 2 aliphatic rings. The molecule has 0 radical (unpaired) electrons. The lowest BCUT2D eigenvalue weighted by molar-refractivity contribution is -0.147. The molecule has 1 heterocycles. The number of rotatable bonds is 4. The van der Waals surface area contributed by atoms with E-state index >= 15 is 0 Å². The molecule has 6 heteroatoms. The van der Waals surface area contributed by atoms with Gasteiger partial charge in [-0.25, -0.2) is 0 Å². The van der Waals surface area contributed by atoms with E-state index in [9.17, 15) is 14.7 Å². The summed E-state index contributed by atoms with van der Waals surface area (Å²) in [7, 11) is 0. The summed E-state index contributed by atoms with van der Waals surface area (Å²) in [6, 6.07) is 0. The highest BCUT2D eigenvalue weighted by Gasteiger charge is 2.51. The fraction of sp³-hybridized carbons (Fsp3) is 0.533. The van der Waals surface area contributed by atoms with Crippen LogP contribution < -0.4 is 5.32 Å². The number of carbonyl (C=O) groups is 2. The number of hydrogen-bond acceptors (Lipinski definition) is 4. The van der Waals surface area contributed by atoms with Gasteiger partial charge in [0.25, 0.3) is 0 Å². The number of aliphatic carboxylic acids is 1. The molecule has 2 bridgehead atoms. The van der Waals surface area contributed by atoms with Gasteiger partial charge in [0.2, 0.25) is 5.91 Å². The lowest BCUT2D eigenvalue weighted by Gasteiger charge is -2.23. The number of hydrogen-bond donors (Lipinski definition) is 2. The van der Waals surface area contributed by atoms with Crippen molar-refractivity contribution >= 4 is 11.9 Å². The monoisotopic (exact) mass is 290 g/mol. The first-order chi connectivity index (χ1) is 9.99. The van der Waals surface area contributed by atoms with Gasteiger partial charge in [0.05, 0.1) is 17.5 Å². The van der Waals surface area contributed by atoms with Gasteiger partial charge in [0.1, 0.15) is 5.76 Å². The van der Waals surface area contributed by atoms with E-state index < -0.39 is 17.8 Å². The molecule has 21 heavy (non-hydrogen) atoms. The highest BCUT2D eigenvalue weighted by atomic mass is 16.5. The molecular weight excluding hydrogens is 272 g/mol. The SMILES string of the molecule is Cc1noc(C)c1CNC(=O)C1C2C=CC(C2)C1C(=O)O. The molecule has 6 nitrogen and oxygen atoms in total. The highest BCUT2D eigenvalue weighted by molar-refractivity contribution is 5.86. The van der Waals surface area contributed by atoms with Crippen molar-refractivity contribution in [3.05, 3.63) is 29.2 Å². The minimum Gasteiger partial charge on any atom is -0.481 e. The molecule has 2 aliphatic carbocycles. The van der Waals surface area contributed by atoms with Crippen LogP contribution in [0.3, 0.4) is 0 Å². The standard InChI is InChI=1S/C15H18N2O4/c1-7-11(8(2)21-17-7)6-16-14(18)12-9-3-4-10(5-9)13(12)15(19)20/h3-4,9-10,12-13H,5-6H2,1-2H3,(H,16,18)(H,19,20). The quantitative estimate of drug-likeness (QED) is 0.818. The number of fused-ring (bicyclic) bond motifs is 2. The maximum absolute atomic E-state index is 12.4. The molecule has 0 aliphatic heterocycles. The van der Waals surface area contributed by atoms with Gasteiger partial charge in [-0.3, -0.25) is 9.59 Å². The third kappa shape index (κ3) is 2.24. The third-order valence-electron chi connectivity index (χ3n) is 4.67. The van der Waals surface area contributed by atoms with Crippen molar-refractivity contribution in [1.82, 2.24) is 10.5 Å². The highest BCUT2D eigenvalue weighted by Crippen LogP contribution is 2.48. The summed E-state index contributed by atoms with van der Waals surface area (Å²) in [6.07, 6.45) is 4.67. The summed E-state index contributed by atoms with van der Waals surface area (Å²) in [5.74, 6) is -1.45. The minimum absolute atomic E-state index is 0.0117. The van der Waals surface area contributed by atoms with Crippen LogP contribution in [0.5, 0.6) is 0 Å². The van der Waals surface area contributed by atoms with E-state index in [-0.39, 0.29) is 17.7 Å². The minimum atomic E-state index is -0.885. The molecule has 0 spiro atoms. The Morgan fingerprint density at radius 1 is 1.33 bits per heavy atom. The van der Waals surface area contributed by atoms with E-state index in [1.165, 1.54) is 0 Å².